The van der Waals surface area contributed by atoms with Crippen molar-refractivity contribution in [3.63, 3.8) is 0 Å². The van der Waals surface area contributed by atoms with Crippen LogP contribution in [-0.4, -0.2) is 36.1 Å². The van der Waals surface area contributed by atoms with Gasteiger partial charge in [-0.25, -0.2) is 0 Å². The Labute approximate surface area is 122 Å². The zero-order valence-corrected chi connectivity index (χ0v) is 12.8. The number of aromatic nitrogens is 1. The molecule has 3 nitrogen and oxygen atoms in total. The second-order valence-electron chi connectivity index (χ2n) is 5.47. The smallest absolute Gasteiger partial charge is 0.0346 e. The number of nitrogens with one attached hydrogen (secondary N) is 1. The Bertz CT molecular complexity index is 539. The number of likely N-dealkylation sites (N-methyl/N-ethyl adjacent to an activating group) is 1. The van der Waals surface area contributed by atoms with Gasteiger partial charge in [0.2, 0.25) is 0 Å². The highest BCUT2D eigenvalue weighted by atomic mass is 15.1. The van der Waals surface area contributed by atoms with Crippen molar-refractivity contribution in [2.75, 3.05) is 20.1 Å². The third kappa shape index (κ3) is 4.02. The van der Waals surface area contributed by atoms with Crippen molar-refractivity contribution in [1.82, 2.24) is 15.2 Å². The molecule has 0 spiro atoms. The molecule has 20 heavy (non-hydrogen) atoms. The van der Waals surface area contributed by atoms with Gasteiger partial charge >= 0.3 is 0 Å². The zero-order chi connectivity index (χ0) is 14.4. The van der Waals surface area contributed by atoms with Gasteiger partial charge in [0.25, 0.3) is 0 Å². The van der Waals surface area contributed by atoms with Crippen molar-refractivity contribution >= 4 is 10.8 Å². The maximum atomic E-state index is 4.14. The number of pyridine rings is 1. The molecule has 1 aromatic carbocycles. The lowest BCUT2D eigenvalue weighted by atomic mass is 10.1. The minimum absolute atomic E-state index is 0.657. The van der Waals surface area contributed by atoms with E-state index in [1.54, 1.807) is 0 Å². The van der Waals surface area contributed by atoms with Crippen LogP contribution in [-0.2, 0) is 6.54 Å². The maximum absolute atomic E-state index is 4.14. The summed E-state index contributed by atoms with van der Waals surface area (Å²) < 4.78 is 0. The predicted molar refractivity (Wildman–Crippen MR) is 85.8 cm³/mol. The lowest BCUT2D eigenvalue weighted by Gasteiger charge is -2.23. The van der Waals surface area contributed by atoms with E-state index in [1.165, 1.54) is 22.8 Å². The molecule has 1 N–H and O–H groups in total. The van der Waals surface area contributed by atoms with Crippen LogP contribution in [0.4, 0.5) is 0 Å². The molecule has 2 rings (SSSR count). The van der Waals surface area contributed by atoms with E-state index in [-0.39, 0.29) is 0 Å². The fraction of sp³-hybridized carbons (Fsp3) is 0.471. The third-order valence-electron chi connectivity index (χ3n) is 4.02. The molecule has 0 amide bonds. The number of hydrogen-bond donors (Lipinski definition) is 1. The molecular weight excluding hydrogens is 246 g/mol. The van der Waals surface area contributed by atoms with Crippen molar-refractivity contribution in [1.29, 1.82) is 0 Å². The molecule has 2 aromatic rings. The first-order chi connectivity index (χ1) is 9.70. The van der Waals surface area contributed by atoms with Crippen LogP contribution in [0.2, 0.25) is 0 Å². The molecule has 1 atom stereocenters. The molecule has 1 unspecified atom stereocenters. The van der Waals surface area contributed by atoms with Crippen molar-refractivity contribution < 1.29 is 0 Å². The van der Waals surface area contributed by atoms with Crippen LogP contribution in [0.3, 0.4) is 0 Å². The Morgan fingerprint density at radius 3 is 2.90 bits per heavy atom. The van der Waals surface area contributed by atoms with Crippen LogP contribution in [0.1, 0.15) is 25.8 Å². The van der Waals surface area contributed by atoms with Crippen LogP contribution in [0.5, 0.6) is 0 Å². The highest BCUT2D eigenvalue weighted by Crippen LogP contribution is 2.14. The second kappa shape index (κ2) is 7.36. The normalized spacial score (nSPS) is 13.0. The van der Waals surface area contributed by atoms with E-state index in [0.29, 0.717) is 6.04 Å². The van der Waals surface area contributed by atoms with Crippen LogP contribution >= 0.6 is 0 Å². The van der Waals surface area contributed by atoms with E-state index in [1.807, 2.05) is 12.4 Å². The summed E-state index contributed by atoms with van der Waals surface area (Å²) in [6.07, 6.45) is 4.96. The molecule has 0 bridgehead atoms. The van der Waals surface area contributed by atoms with Crippen LogP contribution in [0.15, 0.2) is 36.7 Å². The molecule has 0 radical (unpaired) electrons. The fourth-order valence-electron chi connectivity index (χ4n) is 2.26. The Kier molecular flexibility index (Phi) is 5.50. The summed E-state index contributed by atoms with van der Waals surface area (Å²) in [5.41, 5.74) is 1.33. The van der Waals surface area contributed by atoms with Crippen molar-refractivity contribution in [3.8, 4) is 0 Å². The van der Waals surface area contributed by atoms with Crippen molar-refractivity contribution in [3.05, 3.63) is 42.2 Å². The quantitative estimate of drug-likeness (QED) is 0.785. The van der Waals surface area contributed by atoms with E-state index >= 15 is 0 Å². The van der Waals surface area contributed by atoms with Gasteiger partial charge in [0, 0.05) is 43.5 Å². The van der Waals surface area contributed by atoms with Gasteiger partial charge < -0.3 is 10.2 Å². The summed E-state index contributed by atoms with van der Waals surface area (Å²) in [7, 11) is 2.19. The Balaban J connectivity index is 1.81. The van der Waals surface area contributed by atoms with Gasteiger partial charge in [-0.05, 0) is 43.5 Å². The van der Waals surface area contributed by atoms with E-state index in [4.69, 9.17) is 0 Å². The minimum atomic E-state index is 0.657. The Morgan fingerprint density at radius 2 is 2.10 bits per heavy atom. The van der Waals surface area contributed by atoms with Gasteiger partial charge in [0.15, 0.2) is 0 Å². The first-order valence-corrected chi connectivity index (χ1v) is 7.44. The first kappa shape index (κ1) is 14.9. The van der Waals surface area contributed by atoms with Gasteiger partial charge in [0.05, 0.1) is 0 Å². The molecule has 3 heteroatoms. The molecule has 1 aromatic heterocycles. The summed E-state index contributed by atoms with van der Waals surface area (Å²) in [5.74, 6) is 0. The van der Waals surface area contributed by atoms with Gasteiger partial charge in [-0.15, -0.1) is 0 Å². The molecule has 1 heterocycles. The lowest BCUT2D eigenvalue weighted by molar-refractivity contribution is 0.252. The van der Waals surface area contributed by atoms with Gasteiger partial charge in [-0.3, -0.25) is 4.98 Å². The molecular formula is C17H25N3. The number of benzene rings is 1. The highest BCUT2D eigenvalue weighted by Gasteiger charge is 2.05. The minimum Gasteiger partial charge on any atom is -0.311 e. The van der Waals surface area contributed by atoms with Crippen molar-refractivity contribution in [2.45, 2.75) is 32.9 Å². The van der Waals surface area contributed by atoms with Crippen LogP contribution in [0.25, 0.3) is 10.8 Å². The average Bonchev–Trinajstić information content (AvgIpc) is 2.50. The summed E-state index contributed by atoms with van der Waals surface area (Å²) in [6.45, 7) is 7.55. The second-order valence-corrected chi connectivity index (χ2v) is 5.47. The van der Waals surface area contributed by atoms with Gasteiger partial charge in [0.1, 0.15) is 0 Å². The van der Waals surface area contributed by atoms with Crippen LogP contribution < -0.4 is 5.32 Å². The van der Waals surface area contributed by atoms with E-state index in [9.17, 15) is 0 Å². The van der Waals surface area contributed by atoms with E-state index in [0.717, 1.165) is 19.6 Å². The molecule has 0 aliphatic rings. The molecule has 0 aliphatic heterocycles. The highest BCUT2D eigenvalue weighted by molar-refractivity contribution is 5.81. The monoisotopic (exact) mass is 271 g/mol. The summed E-state index contributed by atoms with van der Waals surface area (Å²) >= 11 is 0. The largest absolute Gasteiger partial charge is 0.311 e. The molecule has 108 valence electrons. The maximum Gasteiger partial charge on any atom is 0.0346 e. The lowest BCUT2D eigenvalue weighted by Crippen LogP contribution is -2.34. The van der Waals surface area contributed by atoms with E-state index in [2.05, 4.69) is 60.4 Å². The molecule has 0 saturated heterocycles. The average molecular weight is 271 g/mol. The summed E-state index contributed by atoms with van der Waals surface area (Å²) in [6, 6.07) is 9.28. The fourth-order valence-corrected chi connectivity index (χ4v) is 2.26. The number of hydrogen-bond acceptors (Lipinski definition) is 3. The molecule has 0 aliphatic carbocycles. The van der Waals surface area contributed by atoms with Crippen molar-refractivity contribution in [2.24, 2.45) is 0 Å². The third-order valence-corrected chi connectivity index (χ3v) is 4.02. The van der Waals surface area contributed by atoms with Crippen LogP contribution in [0, 0.1) is 0 Å². The summed E-state index contributed by atoms with van der Waals surface area (Å²) in [5, 5.41) is 5.98. The zero-order valence-electron chi connectivity index (χ0n) is 12.8. The topological polar surface area (TPSA) is 28.2 Å². The summed E-state index contributed by atoms with van der Waals surface area (Å²) in [4.78, 5) is 6.54. The molecule has 0 saturated carbocycles. The van der Waals surface area contributed by atoms with Gasteiger partial charge in [-0.1, -0.05) is 19.1 Å². The first-order valence-electron chi connectivity index (χ1n) is 7.44. The number of fused-ring (bicyclic) bond motifs is 1. The van der Waals surface area contributed by atoms with Gasteiger partial charge in [-0.2, -0.15) is 0 Å². The predicted octanol–water partition coefficient (Wildman–Crippen LogP) is 3.05. The van der Waals surface area contributed by atoms with E-state index < -0.39 is 0 Å². The Hall–Kier alpha value is -1.45. The SMILES string of the molecule is CCC(C)N(C)CCNCc1ccc2cnccc2c1. The molecule has 0 fully saturated rings. The number of nitrogens with zero attached hydrogens (tertiary/aromatic N) is 2. The number of rotatable bonds is 7. The standard InChI is InChI=1S/C17H25N3/c1-4-14(2)20(3)10-9-19-12-15-5-6-17-13-18-8-7-16(17)11-15/h5-8,11,13-14,19H,4,9-10,12H2,1-3H3. The Morgan fingerprint density at radius 1 is 1.25 bits per heavy atom.